The second kappa shape index (κ2) is 7.18. The maximum Gasteiger partial charge on any atom is 0.274 e. The van der Waals surface area contributed by atoms with Gasteiger partial charge in [0.05, 0.1) is 29.3 Å². The van der Waals surface area contributed by atoms with Crippen LogP contribution in [-0.2, 0) is 7.05 Å². The number of hydrogen-bond acceptors (Lipinski definition) is 6. The average Bonchev–Trinajstić information content (AvgIpc) is 3.26. The number of piperidine rings is 1. The smallest absolute Gasteiger partial charge is 0.274 e. The molecule has 0 radical (unpaired) electrons. The number of hydrogen-bond donors (Lipinski definition) is 0. The van der Waals surface area contributed by atoms with E-state index in [4.69, 9.17) is 9.51 Å². The summed E-state index contributed by atoms with van der Waals surface area (Å²) in [6, 6.07) is 1.77. The van der Waals surface area contributed by atoms with E-state index in [-0.39, 0.29) is 11.9 Å². The highest BCUT2D eigenvalue weighted by Gasteiger charge is 2.32. The molecule has 1 amide bonds. The maximum atomic E-state index is 13.1. The molecule has 0 saturated carbocycles. The molecule has 4 heterocycles. The topological polar surface area (TPSA) is 89.9 Å². The van der Waals surface area contributed by atoms with Crippen molar-refractivity contribution in [1.29, 1.82) is 0 Å². The van der Waals surface area contributed by atoms with Crippen LogP contribution in [0.3, 0.4) is 0 Å². The fourth-order valence-electron chi connectivity index (χ4n) is 3.83. The van der Waals surface area contributed by atoms with Crippen LogP contribution in [0, 0.1) is 20.8 Å². The molecule has 1 fully saturated rings. The van der Waals surface area contributed by atoms with Crippen LogP contribution >= 0.6 is 0 Å². The zero-order valence-electron chi connectivity index (χ0n) is 16.6. The van der Waals surface area contributed by atoms with Crippen molar-refractivity contribution in [3.63, 3.8) is 0 Å². The van der Waals surface area contributed by atoms with Crippen molar-refractivity contribution in [2.75, 3.05) is 6.54 Å². The van der Waals surface area contributed by atoms with E-state index in [0.29, 0.717) is 18.1 Å². The Balaban J connectivity index is 1.73. The van der Waals surface area contributed by atoms with Crippen molar-refractivity contribution in [2.24, 2.45) is 7.05 Å². The second-order valence-electron chi connectivity index (χ2n) is 7.39. The van der Waals surface area contributed by atoms with Gasteiger partial charge in [-0.2, -0.15) is 0 Å². The van der Waals surface area contributed by atoms with E-state index < -0.39 is 0 Å². The molecular weight excluding hydrogens is 356 g/mol. The van der Waals surface area contributed by atoms with Crippen molar-refractivity contribution in [3.05, 3.63) is 47.3 Å². The minimum Gasteiger partial charge on any atom is -0.361 e. The van der Waals surface area contributed by atoms with Crippen molar-refractivity contribution >= 4 is 5.91 Å². The first-order valence-corrected chi connectivity index (χ1v) is 9.52. The van der Waals surface area contributed by atoms with Gasteiger partial charge in [-0.3, -0.25) is 4.79 Å². The first-order valence-electron chi connectivity index (χ1n) is 9.52. The lowest BCUT2D eigenvalue weighted by atomic mass is 10.00. The number of aromatic nitrogens is 5. The van der Waals surface area contributed by atoms with Crippen LogP contribution in [0.1, 0.15) is 58.8 Å². The van der Waals surface area contributed by atoms with Gasteiger partial charge in [0.25, 0.3) is 5.91 Å². The number of imidazole rings is 1. The molecule has 1 unspecified atom stereocenters. The normalized spacial score (nSPS) is 17.1. The molecule has 1 atom stereocenters. The monoisotopic (exact) mass is 380 g/mol. The molecule has 0 aromatic carbocycles. The zero-order valence-corrected chi connectivity index (χ0v) is 16.6. The summed E-state index contributed by atoms with van der Waals surface area (Å²) in [6.07, 6.45) is 6.24. The number of aryl methyl sites for hydroxylation is 4. The SMILES string of the molecule is Cc1cc(-c2c(C)noc2C)nc(C2CCCCN2C(=O)c2cn(C)cn2)n1. The van der Waals surface area contributed by atoms with Gasteiger partial charge in [0, 0.05) is 25.5 Å². The van der Waals surface area contributed by atoms with Crippen LogP contribution in [0.25, 0.3) is 11.3 Å². The number of nitrogens with zero attached hydrogens (tertiary/aromatic N) is 6. The quantitative estimate of drug-likeness (QED) is 0.693. The molecule has 8 nitrogen and oxygen atoms in total. The lowest BCUT2D eigenvalue weighted by Crippen LogP contribution is -2.39. The highest BCUT2D eigenvalue weighted by Crippen LogP contribution is 2.32. The Bertz CT molecular complexity index is 1000. The minimum absolute atomic E-state index is 0.0747. The van der Waals surface area contributed by atoms with E-state index in [9.17, 15) is 4.79 Å². The van der Waals surface area contributed by atoms with Crippen molar-refractivity contribution < 1.29 is 9.32 Å². The lowest BCUT2D eigenvalue weighted by molar-refractivity contribution is 0.0594. The van der Waals surface area contributed by atoms with Crippen LogP contribution in [0.15, 0.2) is 23.1 Å². The van der Waals surface area contributed by atoms with E-state index in [2.05, 4.69) is 15.1 Å². The summed E-state index contributed by atoms with van der Waals surface area (Å²) >= 11 is 0. The number of carbonyl (C=O) groups excluding carboxylic acids is 1. The fraction of sp³-hybridized carbons (Fsp3) is 0.450. The van der Waals surface area contributed by atoms with Crippen molar-refractivity contribution in [1.82, 2.24) is 29.6 Å². The summed E-state index contributed by atoms with van der Waals surface area (Å²) in [5.74, 6) is 1.32. The van der Waals surface area contributed by atoms with Gasteiger partial charge < -0.3 is 14.0 Å². The zero-order chi connectivity index (χ0) is 19.8. The van der Waals surface area contributed by atoms with Gasteiger partial charge in [-0.15, -0.1) is 0 Å². The third-order valence-corrected chi connectivity index (χ3v) is 5.15. The van der Waals surface area contributed by atoms with Crippen LogP contribution in [0.4, 0.5) is 0 Å². The Labute approximate surface area is 163 Å². The number of amides is 1. The molecule has 0 N–H and O–H groups in total. The lowest BCUT2D eigenvalue weighted by Gasteiger charge is -2.34. The molecule has 0 spiro atoms. The van der Waals surface area contributed by atoms with E-state index in [1.54, 1.807) is 17.1 Å². The standard InChI is InChI=1S/C20H24N6O2/c1-12-9-15(18-13(2)24-28-14(18)3)23-19(22-12)17-7-5-6-8-26(17)20(27)16-10-25(4)11-21-16/h9-11,17H,5-8H2,1-4H3. The molecular formula is C20H24N6O2. The first kappa shape index (κ1) is 18.3. The molecule has 146 valence electrons. The maximum absolute atomic E-state index is 13.1. The minimum atomic E-state index is -0.164. The van der Waals surface area contributed by atoms with Crippen LogP contribution in [0.2, 0.25) is 0 Å². The molecule has 3 aromatic rings. The number of likely N-dealkylation sites (tertiary alicyclic amines) is 1. The third-order valence-electron chi connectivity index (χ3n) is 5.15. The van der Waals surface area contributed by atoms with Crippen LogP contribution < -0.4 is 0 Å². The summed E-state index contributed by atoms with van der Waals surface area (Å²) < 4.78 is 7.09. The number of rotatable bonds is 3. The number of carbonyl (C=O) groups is 1. The Morgan fingerprint density at radius 1 is 1.21 bits per heavy atom. The van der Waals surface area contributed by atoms with Crippen LogP contribution in [-0.4, -0.2) is 42.0 Å². The third kappa shape index (κ3) is 3.30. The van der Waals surface area contributed by atoms with E-state index in [0.717, 1.165) is 47.7 Å². The highest BCUT2D eigenvalue weighted by molar-refractivity contribution is 5.92. The van der Waals surface area contributed by atoms with E-state index in [1.165, 1.54) is 0 Å². The summed E-state index contributed by atoms with van der Waals surface area (Å²) in [4.78, 5) is 28.7. The summed E-state index contributed by atoms with van der Waals surface area (Å²) in [6.45, 7) is 6.41. The van der Waals surface area contributed by atoms with Crippen LogP contribution in [0.5, 0.6) is 0 Å². The molecule has 0 bridgehead atoms. The van der Waals surface area contributed by atoms with Gasteiger partial charge in [0.1, 0.15) is 11.5 Å². The predicted octanol–water partition coefficient (Wildman–Crippen LogP) is 3.16. The van der Waals surface area contributed by atoms with Gasteiger partial charge in [-0.1, -0.05) is 5.16 Å². The fourth-order valence-corrected chi connectivity index (χ4v) is 3.83. The summed E-state index contributed by atoms with van der Waals surface area (Å²) in [7, 11) is 1.86. The average molecular weight is 380 g/mol. The Hall–Kier alpha value is -3.03. The van der Waals surface area contributed by atoms with Crippen molar-refractivity contribution in [2.45, 2.75) is 46.1 Å². The molecule has 0 aliphatic carbocycles. The van der Waals surface area contributed by atoms with Gasteiger partial charge in [-0.05, 0) is 46.1 Å². The highest BCUT2D eigenvalue weighted by atomic mass is 16.5. The molecule has 4 rings (SSSR count). The van der Waals surface area contributed by atoms with Crippen molar-refractivity contribution in [3.8, 4) is 11.3 Å². The molecule has 8 heteroatoms. The van der Waals surface area contributed by atoms with Gasteiger partial charge in [0.2, 0.25) is 0 Å². The molecule has 1 aliphatic rings. The molecule has 3 aromatic heterocycles. The molecule has 1 saturated heterocycles. The Morgan fingerprint density at radius 2 is 2.04 bits per heavy atom. The predicted molar refractivity (Wildman–Crippen MR) is 103 cm³/mol. The van der Waals surface area contributed by atoms with Gasteiger partial charge in [-0.25, -0.2) is 15.0 Å². The van der Waals surface area contributed by atoms with E-state index >= 15 is 0 Å². The second-order valence-corrected chi connectivity index (χ2v) is 7.39. The van der Waals surface area contributed by atoms with E-state index in [1.807, 2.05) is 38.8 Å². The summed E-state index contributed by atoms with van der Waals surface area (Å²) in [5, 5.41) is 4.04. The van der Waals surface area contributed by atoms with Gasteiger partial charge >= 0.3 is 0 Å². The summed E-state index contributed by atoms with van der Waals surface area (Å²) in [5.41, 5.74) is 3.79. The van der Waals surface area contributed by atoms with Gasteiger partial charge in [0.15, 0.2) is 5.82 Å². The molecule has 28 heavy (non-hydrogen) atoms. The largest absolute Gasteiger partial charge is 0.361 e. The molecule has 1 aliphatic heterocycles. The Kier molecular flexibility index (Phi) is 4.70. The Morgan fingerprint density at radius 3 is 2.71 bits per heavy atom. The first-order chi connectivity index (χ1) is 13.4.